The maximum atomic E-state index is 12.8. The van der Waals surface area contributed by atoms with E-state index in [-0.39, 0.29) is 17.7 Å². The Balaban J connectivity index is 1.62. The van der Waals surface area contributed by atoms with E-state index in [9.17, 15) is 4.79 Å². The van der Waals surface area contributed by atoms with E-state index in [2.05, 4.69) is 24.1 Å². The van der Waals surface area contributed by atoms with Crippen molar-refractivity contribution in [2.24, 2.45) is 5.92 Å². The van der Waals surface area contributed by atoms with Crippen molar-refractivity contribution in [2.75, 3.05) is 18.4 Å². The summed E-state index contributed by atoms with van der Waals surface area (Å²) in [5.74, 6) is 2.03. The highest BCUT2D eigenvalue weighted by molar-refractivity contribution is 5.79. The number of benzene rings is 1. The average Bonchev–Trinajstić information content (AvgIpc) is 3.31. The fourth-order valence-corrected chi connectivity index (χ4v) is 4.11. The molecule has 1 fully saturated rings. The lowest BCUT2D eigenvalue weighted by atomic mass is 10.0. The number of rotatable bonds is 7. The summed E-state index contributed by atoms with van der Waals surface area (Å²) in [4.78, 5) is 28.8. The van der Waals surface area contributed by atoms with Gasteiger partial charge in [0.25, 0.3) is 0 Å². The van der Waals surface area contributed by atoms with Gasteiger partial charge < -0.3 is 10.2 Å². The van der Waals surface area contributed by atoms with Crippen molar-refractivity contribution in [3.63, 3.8) is 0 Å². The number of anilines is 2. The van der Waals surface area contributed by atoms with E-state index in [1.165, 1.54) is 0 Å². The van der Waals surface area contributed by atoms with Crippen LogP contribution in [0.15, 0.2) is 60.9 Å². The zero-order chi connectivity index (χ0) is 21.6. The summed E-state index contributed by atoms with van der Waals surface area (Å²) in [5.41, 5.74) is 2.76. The number of para-hydroxylation sites is 1. The van der Waals surface area contributed by atoms with Crippen LogP contribution in [0.25, 0.3) is 11.3 Å². The molecular weight excluding hydrogens is 386 g/mol. The Hall–Kier alpha value is -3.28. The number of likely N-dealkylation sites (tertiary alicyclic amines) is 1. The van der Waals surface area contributed by atoms with Gasteiger partial charge in [0.15, 0.2) is 0 Å². The molecule has 1 aliphatic heterocycles. The van der Waals surface area contributed by atoms with Crippen LogP contribution in [0.4, 0.5) is 11.5 Å². The highest BCUT2D eigenvalue weighted by Gasteiger charge is 2.32. The van der Waals surface area contributed by atoms with Crippen LogP contribution in [-0.2, 0) is 4.79 Å². The van der Waals surface area contributed by atoms with Crippen LogP contribution >= 0.6 is 0 Å². The number of nitrogens with zero attached hydrogens (tertiary/aromatic N) is 4. The number of hydrogen-bond acceptors (Lipinski definition) is 5. The lowest BCUT2D eigenvalue weighted by Crippen LogP contribution is -2.34. The third kappa shape index (κ3) is 4.90. The topological polar surface area (TPSA) is 71.0 Å². The predicted molar refractivity (Wildman–Crippen MR) is 123 cm³/mol. The smallest absolute Gasteiger partial charge is 0.225 e. The standard InChI is InChI=1S/C25H29N5O/c1-3-18(4-2)25(31)30-14-12-20(17-30)24-28-22(19-9-8-13-26-16-19)15-23(29-24)27-21-10-6-5-7-11-21/h5-11,13,15-16,18,20H,3-4,12,14,17H2,1-2H3,(H,27,28,29)/t20-/m1/s1. The molecule has 0 spiro atoms. The van der Waals surface area contributed by atoms with Gasteiger partial charge in [-0.3, -0.25) is 9.78 Å². The second kappa shape index (κ2) is 9.69. The van der Waals surface area contributed by atoms with Crippen molar-refractivity contribution in [1.82, 2.24) is 19.9 Å². The molecule has 1 aromatic carbocycles. The highest BCUT2D eigenvalue weighted by Crippen LogP contribution is 2.30. The third-order valence-corrected chi connectivity index (χ3v) is 5.95. The van der Waals surface area contributed by atoms with Gasteiger partial charge >= 0.3 is 0 Å². The first-order valence-corrected chi connectivity index (χ1v) is 11.1. The Labute approximate surface area is 183 Å². The molecule has 0 bridgehead atoms. The van der Waals surface area contributed by atoms with Gasteiger partial charge in [-0.1, -0.05) is 32.0 Å². The number of carbonyl (C=O) groups is 1. The zero-order valence-electron chi connectivity index (χ0n) is 18.2. The van der Waals surface area contributed by atoms with Gasteiger partial charge in [0.05, 0.1) is 5.69 Å². The molecule has 1 atom stereocenters. The summed E-state index contributed by atoms with van der Waals surface area (Å²) in [7, 11) is 0. The van der Waals surface area contributed by atoms with E-state index in [0.717, 1.165) is 54.4 Å². The van der Waals surface area contributed by atoms with E-state index in [1.807, 2.05) is 59.6 Å². The second-order valence-electron chi connectivity index (χ2n) is 8.01. The summed E-state index contributed by atoms with van der Waals surface area (Å²) < 4.78 is 0. The molecule has 0 aliphatic carbocycles. The Morgan fingerprint density at radius 1 is 1.13 bits per heavy atom. The molecule has 3 heterocycles. The molecule has 1 N–H and O–H groups in total. The fourth-order valence-electron chi connectivity index (χ4n) is 4.11. The molecule has 3 aromatic rings. The lowest BCUT2D eigenvalue weighted by molar-refractivity contribution is -0.134. The molecule has 1 saturated heterocycles. The second-order valence-corrected chi connectivity index (χ2v) is 8.01. The minimum Gasteiger partial charge on any atom is -0.342 e. The first-order chi connectivity index (χ1) is 15.2. The highest BCUT2D eigenvalue weighted by atomic mass is 16.2. The summed E-state index contributed by atoms with van der Waals surface area (Å²) in [6, 6.07) is 15.9. The number of carbonyl (C=O) groups excluding carboxylic acids is 1. The number of nitrogens with one attached hydrogen (secondary N) is 1. The maximum absolute atomic E-state index is 12.8. The van der Waals surface area contributed by atoms with Gasteiger partial charge in [0.2, 0.25) is 5.91 Å². The minimum atomic E-state index is 0.108. The lowest BCUT2D eigenvalue weighted by Gasteiger charge is -2.21. The van der Waals surface area contributed by atoms with Gasteiger partial charge in [0.1, 0.15) is 11.6 Å². The predicted octanol–water partition coefficient (Wildman–Crippen LogP) is 5.03. The molecule has 2 aromatic heterocycles. The van der Waals surface area contributed by atoms with Gasteiger partial charge in [0, 0.05) is 54.6 Å². The van der Waals surface area contributed by atoms with Gasteiger partial charge in [-0.25, -0.2) is 9.97 Å². The van der Waals surface area contributed by atoms with Crippen molar-refractivity contribution in [1.29, 1.82) is 0 Å². The maximum Gasteiger partial charge on any atom is 0.225 e. The Morgan fingerprint density at radius 3 is 2.65 bits per heavy atom. The van der Waals surface area contributed by atoms with E-state index in [4.69, 9.17) is 9.97 Å². The Kier molecular flexibility index (Phi) is 6.55. The number of aromatic nitrogens is 3. The molecule has 1 amide bonds. The summed E-state index contributed by atoms with van der Waals surface area (Å²) in [6.07, 6.45) is 6.22. The molecule has 31 heavy (non-hydrogen) atoms. The van der Waals surface area contributed by atoms with E-state index < -0.39 is 0 Å². The van der Waals surface area contributed by atoms with Crippen LogP contribution in [0.5, 0.6) is 0 Å². The number of hydrogen-bond donors (Lipinski definition) is 1. The van der Waals surface area contributed by atoms with Crippen molar-refractivity contribution < 1.29 is 4.79 Å². The molecule has 1 aliphatic rings. The van der Waals surface area contributed by atoms with Gasteiger partial charge in [-0.05, 0) is 43.5 Å². The van der Waals surface area contributed by atoms with Crippen molar-refractivity contribution in [2.45, 2.75) is 39.0 Å². The largest absolute Gasteiger partial charge is 0.342 e. The molecule has 160 valence electrons. The Morgan fingerprint density at radius 2 is 1.94 bits per heavy atom. The molecule has 0 saturated carbocycles. The van der Waals surface area contributed by atoms with Crippen LogP contribution in [0.2, 0.25) is 0 Å². The van der Waals surface area contributed by atoms with Gasteiger partial charge in [-0.15, -0.1) is 0 Å². The van der Waals surface area contributed by atoms with E-state index in [0.29, 0.717) is 6.54 Å². The quantitative estimate of drug-likeness (QED) is 0.586. The van der Waals surface area contributed by atoms with E-state index >= 15 is 0 Å². The molecule has 6 heteroatoms. The number of pyridine rings is 1. The normalized spacial score (nSPS) is 16.0. The first-order valence-electron chi connectivity index (χ1n) is 11.1. The first kappa shape index (κ1) is 21.0. The molecule has 0 unspecified atom stereocenters. The van der Waals surface area contributed by atoms with Crippen LogP contribution in [0.1, 0.15) is 44.9 Å². The molecular formula is C25H29N5O. The number of amides is 1. The van der Waals surface area contributed by atoms with Crippen LogP contribution < -0.4 is 5.32 Å². The molecule has 4 rings (SSSR count). The zero-order valence-corrected chi connectivity index (χ0v) is 18.2. The summed E-state index contributed by atoms with van der Waals surface area (Å²) >= 11 is 0. The van der Waals surface area contributed by atoms with Gasteiger partial charge in [-0.2, -0.15) is 0 Å². The summed E-state index contributed by atoms with van der Waals surface area (Å²) in [5, 5.41) is 3.40. The summed E-state index contributed by atoms with van der Waals surface area (Å²) in [6.45, 7) is 5.61. The van der Waals surface area contributed by atoms with Crippen LogP contribution in [0.3, 0.4) is 0 Å². The minimum absolute atomic E-state index is 0.108. The van der Waals surface area contributed by atoms with Crippen molar-refractivity contribution in [3.8, 4) is 11.3 Å². The SMILES string of the molecule is CCC(CC)C(=O)N1CC[C@@H](c2nc(Nc3ccccc3)cc(-c3cccnc3)n2)C1. The van der Waals surface area contributed by atoms with Crippen molar-refractivity contribution in [3.05, 3.63) is 66.7 Å². The van der Waals surface area contributed by atoms with Crippen LogP contribution in [0, 0.1) is 5.92 Å². The molecule has 6 nitrogen and oxygen atoms in total. The van der Waals surface area contributed by atoms with Crippen molar-refractivity contribution >= 4 is 17.4 Å². The monoisotopic (exact) mass is 415 g/mol. The third-order valence-electron chi connectivity index (χ3n) is 5.95. The van der Waals surface area contributed by atoms with Crippen LogP contribution in [-0.4, -0.2) is 38.8 Å². The Bertz CT molecular complexity index is 1000. The fraction of sp³-hybridized carbons (Fsp3) is 0.360. The molecule has 0 radical (unpaired) electrons. The van der Waals surface area contributed by atoms with E-state index in [1.54, 1.807) is 6.20 Å². The average molecular weight is 416 g/mol.